The molecule has 0 fully saturated rings. The molecular weight excluding hydrogens is 286 g/mol. The van der Waals surface area contributed by atoms with Crippen LogP contribution in [0.5, 0.6) is 0 Å². The molecule has 2 aromatic carbocycles. The van der Waals surface area contributed by atoms with Crippen LogP contribution in [0.1, 0.15) is 28.4 Å². The van der Waals surface area contributed by atoms with Crippen LogP contribution in [0.3, 0.4) is 0 Å². The zero-order valence-electron chi connectivity index (χ0n) is 13.0. The van der Waals surface area contributed by atoms with Gasteiger partial charge in [-0.3, -0.25) is 4.79 Å². The van der Waals surface area contributed by atoms with Crippen LogP contribution in [0.25, 0.3) is 0 Å². The smallest absolute Gasteiger partial charge is 0.254 e. The summed E-state index contributed by atoms with van der Waals surface area (Å²) >= 11 is 0. The largest absolute Gasteiger partial charge is 0.472 e. The lowest BCUT2D eigenvalue weighted by molar-refractivity contribution is 0.0946. The molecule has 0 aliphatic heterocycles. The van der Waals surface area contributed by atoms with Gasteiger partial charge in [0.15, 0.2) is 0 Å². The van der Waals surface area contributed by atoms with Gasteiger partial charge in [-0.05, 0) is 24.1 Å². The van der Waals surface area contributed by atoms with Gasteiger partial charge in [-0.15, -0.1) is 0 Å². The van der Waals surface area contributed by atoms with Crippen molar-refractivity contribution in [3.8, 4) is 0 Å². The number of hydrogen-bond donors (Lipinski definition) is 1. The Kier molecular flexibility index (Phi) is 4.29. The first kappa shape index (κ1) is 15.1. The molecule has 0 atom stereocenters. The second-order valence-electron chi connectivity index (χ2n) is 5.76. The molecule has 0 radical (unpaired) electrons. The standard InChI is InChI=1S/C20H19NO2/c1-20(17-8-4-2-5-9-17,18-10-6-3-7-11-18)15-21-19(22)16-12-13-23-14-16/h2-14H,15H2,1H3,(H,21,22). The van der Waals surface area contributed by atoms with Gasteiger partial charge < -0.3 is 9.73 Å². The van der Waals surface area contributed by atoms with Crippen LogP contribution < -0.4 is 5.32 Å². The van der Waals surface area contributed by atoms with Crippen molar-refractivity contribution in [1.29, 1.82) is 0 Å². The fourth-order valence-corrected chi connectivity index (χ4v) is 2.74. The second kappa shape index (κ2) is 6.53. The topological polar surface area (TPSA) is 42.2 Å². The van der Waals surface area contributed by atoms with E-state index in [2.05, 4.69) is 36.5 Å². The van der Waals surface area contributed by atoms with Gasteiger partial charge in [-0.2, -0.15) is 0 Å². The van der Waals surface area contributed by atoms with E-state index in [9.17, 15) is 4.79 Å². The normalized spacial score (nSPS) is 11.2. The Hall–Kier alpha value is -2.81. The molecule has 1 heterocycles. The summed E-state index contributed by atoms with van der Waals surface area (Å²) in [5.74, 6) is -0.128. The zero-order chi connectivity index (χ0) is 16.1. The molecule has 0 spiro atoms. The molecule has 1 aromatic heterocycles. The van der Waals surface area contributed by atoms with Gasteiger partial charge >= 0.3 is 0 Å². The third kappa shape index (κ3) is 3.19. The highest BCUT2D eigenvalue weighted by atomic mass is 16.3. The van der Waals surface area contributed by atoms with Gasteiger partial charge in [0.05, 0.1) is 11.8 Å². The molecule has 3 rings (SSSR count). The third-order valence-electron chi connectivity index (χ3n) is 4.21. The molecule has 0 aliphatic rings. The summed E-state index contributed by atoms with van der Waals surface area (Å²) in [6.45, 7) is 2.65. The lowest BCUT2D eigenvalue weighted by atomic mass is 9.76. The van der Waals surface area contributed by atoms with Crippen LogP contribution in [0.4, 0.5) is 0 Å². The first-order chi connectivity index (χ1) is 11.2. The van der Waals surface area contributed by atoms with Gasteiger partial charge in [0.1, 0.15) is 6.26 Å². The summed E-state index contributed by atoms with van der Waals surface area (Å²) in [6, 6.07) is 22.1. The highest BCUT2D eigenvalue weighted by Crippen LogP contribution is 2.31. The summed E-state index contributed by atoms with van der Waals surface area (Å²) in [7, 11) is 0. The van der Waals surface area contributed by atoms with Crippen LogP contribution in [0.2, 0.25) is 0 Å². The molecule has 23 heavy (non-hydrogen) atoms. The van der Waals surface area contributed by atoms with Crippen molar-refractivity contribution in [2.24, 2.45) is 0 Å². The number of carbonyl (C=O) groups excluding carboxylic acids is 1. The molecule has 1 amide bonds. The number of hydrogen-bond acceptors (Lipinski definition) is 2. The molecule has 1 N–H and O–H groups in total. The SMILES string of the molecule is CC(CNC(=O)c1ccoc1)(c1ccccc1)c1ccccc1. The molecule has 0 saturated carbocycles. The van der Waals surface area contributed by atoms with E-state index in [0.717, 1.165) is 0 Å². The van der Waals surface area contributed by atoms with Gasteiger partial charge in [0.2, 0.25) is 0 Å². The molecule has 0 bridgehead atoms. The van der Waals surface area contributed by atoms with Crippen molar-refractivity contribution >= 4 is 5.91 Å². The lowest BCUT2D eigenvalue weighted by Crippen LogP contribution is -2.39. The van der Waals surface area contributed by atoms with Crippen LogP contribution in [-0.2, 0) is 5.41 Å². The summed E-state index contributed by atoms with van der Waals surface area (Å²) in [5.41, 5.74) is 2.56. The van der Waals surface area contributed by atoms with E-state index in [0.29, 0.717) is 12.1 Å². The van der Waals surface area contributed by atoms with Gasteiger partial charge in [-0.1, -0.05) is 60.7 Å². The van der Waals surface area contributed by atoms with Crippen molar-refractivity contribution < 1.29 is 9.21 Å². The number of rotatable bonds is 5. The van der Waals surface area contributed by atoms with E-state index >= 15 is 0 Å². The van der Waals surface area contributed by atoms with E-state index < -0.39 is 0 Å². The highest BCUT2D eigenvalue weighted by molar-refractivity contribution is 5.93. The van der Waals surface area contributed by atoms with E-state index in [1.165, 1.54) is 23.7 Å². The maximum atomic E-state index is 12.2. The molecule has 0 aliphatic carbocycles. The van der Waals surface area contributed by atoms with Gasteiger partial charge in [0.25, 0.3) is 5.91 Å². The third-order valence-corrected chi connectivity index (χ3v) is 4.21. The summed E-state index contributed by atoms with van der Waals surface area (Å²) in [6.07, 6.45) is 2.96. The average Bonchev–Trinajstić information content (AvgIpc) is 3.16. The quantitative estimate of drug-likeness (QED) is 0.773. The van der Waals surface area contributed by atoms with Crippen LogP contribution >= 0.6 is 0 Å². The summed E-state index contributed by atoms with van der Waals surface area (Å²) in [4.78, 5) is 12.2. The molecule has 0 unspecified atom stereocenters. The maximum Gasteiger partial charge on any atom is 0.254 e. The van der Waals surface area contributed by atoms with E-state index in [-0.39, 0.29) is 11.3 Å². The Morgan fingerprint density at radius 1 is 0.957 bits per heavy atom. The number of carbonyl (C=O) groups is 1. The van der Waals surface area contributed by atoms with Crippen LogP contribution in [0.15, 0.2) is 83.7 Å². The van der Waals surface area contributed by atoms with Crippen LogP contribution in [0, 0.1) is 0 Å². The van der Waals surface area contributed by atoms with Crippen molar-refractivity contribution in [3.63, 3.8) is 0 Å². The Morgan fingerprint density at radius 3 is 2.00 bits per heavy atom. The minimum Gasteiger partial charge on any atom is -0.472 e. The maximum absolute atomic E-state index is 12.2. The Bertz CT molecular complexity index is 709. The fourth-order valence-electron chi connectivity index (χ4n) is 2.74. The molecule has 0 saturated heterocycles. The highest BCUT2D eigenvalue weighted by Gasteiger charge is 2.29. The van der Waals surface area contributed by atoms with Crippen molar-refractivity contribution in [3.05, 3.63) is 95.9 Å². The van der Waals surface area contributed by atoms with E-state index in [1.54, 1.807) is 6.07 Å². The van der Waals surface area contributed by atoms with Crippen molar-refractivity contribution in [2.75, 3.05) is 6.54 Å². The van der Waals surface area contributed by atoms with Crippen molar-refractivity contribution in [2.45, 2.75) is 12.3 Å². The number of benzene rings is 2. The van der Waals surface area contributed by atoms with E-state index in [1.807, 2.05) is 36.4 Å². The minimum atomic E-state index is -0.304. The van der Waals surface area contributed by atoms with Gasteiger partial charge in [0, 0.05) is 12.0 Å². The Morgan fingerprint density at radius 2 is 1.52 bits per heavy atom. The number of furan rings is 1. The monoisotopic (exact) mass is 305 g/mol. The summed E-state index contributed by atoms with van der Waals surface area (Å²) in [5, 5.41) is 3.02. The zero-order valence-corrected chi connectivity index (χ0v) is 13.0. The van der Waals surface area contributed by atoms with E-state index in [4.69, 9.17) is 4.42 Å². The fraction of sp³-hybridized carbons (Fsp3) is 0.150. The molecule has 3 aromatic rings. The number of nitrogens with one attached hydrogen (secondary N) is 1. The minimum absolute atomic E-state index is 0.128. The first-order valence-corrected chi connectivity index (χ1v) is 7.61. The summed E-state index contributed by atoms with van der Waals surface area (Å²) < 4.78 is 4.98. The predicted octanol–water partition coefficient (Wildman–Crippen LogP) is 4.02. The Labute approximate surface area is 136 Å². The van der Waals surface area contributed by atoms with Crippen molar-refractivity contribution in [1.82, 2.24) is 5.32 Å². The molecule has 116 valence electrons. The second-order valence-corrected chi connectivity index (χ2v) is 5.76. The first-order valence-electron chi connectivity index (χ1n) is 7.61. The Balaban J connectivity index is 1.89. The number of amides is 1. The molecule has 3 heteroatoms. The molecule has 3 nitrogen and oxygen atoms in total. The average molecular weight is 305 g/mol. The van der Waals surface area contributed by atoms with Crippen LogP contribution in [-0.4, -0.2) is 12.5 Å². The van der Waals surface area contributed by atoms with Gasteiger partial charge in [-0.25, -0.2) is 0 Å². The lowest BCUT2D eigenvalue weighted by Gasteiger charge is -2.31. The predicted molar refractivity (Wildman–Crippen MR) is 90.4 cm³/mol. The molecular formula is C20H19NO2.